The van der Waals surface area contributed by atoms with Crippen molar-refractivity contribution in [2.75, 3.05) is 32.2 Å². The Labute approximate surface area is 123 Å². The van der Waals surface area contributed by atoms with Gasteiger partial charge >= 0.3 is 0 Å². The minimum Gasteiger partial charge on any atom is -0.383 e. The second-order valence-electron chi connectivity index (χ2n) is 5.69. The van der Waals surface area contributed by atoms with E-state index in [0.717, 1.165) is 37.6 Å². The number of hydrogen-bond acceptors (Lipinski definition) is 4. The van der Waals surface area contributed by atoms with Crippen LogP contribution in [0.3, 0.4) is 0 Å². The summed E-state index contributed by atoms with van der Waals surface area (Å²) < 4.78 is 7.34. The van der Waals surface area contributed by atoms with Crippen molar-refractivity contribution in [2.24, 2.45) is 11.7 Å². The standard InChI is InChI=1S/C15H30N4O/c1-6-13-11-19(9-10-20-5)15(17-13)18(4)8-7-14(16)12(2)3/h11-12,14H,6-10,16H2,1-5H3. The van der Waals surface area contributed by atoms with E-state index in [2.05, 4.69) is 43.5 Å². The van der Waals surface area contributed by atoms with E-state index in [1.165, 1.54) is 0 Å². The number of aryl methyl sites for hydroxylation is 1. The molecule has 5 nitrogen and oxygen atoms in total. The molecule has 0 saturated carbocycles. The third-order valence-electron chi connectivity index (χ3n) is 3.70. The van der Waals surface area contributed by atoms with Crippen LogP contribution < -0.4 is 10.6 Å². The lowest BCUT2D eigenvalue weighted by atomic mass is 10.0. The molecule has 2 N–H and O–H groups in total. The zero-order valence-electron chi connectivity index (χ0n) is 13.6. The fourth-order valence-electron chi connectivity index (χ4n) is 2.06. The van der Waals surface area contributed by atoms with Gasteiger partial charge in [0, 0.05) is 39.5 Å². The maximum absolute atomic E-state index is 6.12. The van der Waals surface area contributed by atoms with Crippen molar-refractivity contribution in [3.63, 3.8) is 0 Å². The van der Waals surface area contributed by atoms with Gasteiger partial charge in [-0.3, -0.25) is 0 Å². The average Bonchev–Trinajstić information content (AvgIpc) is 2.85. The van der Waals surface area contributed by atoms with Gasteiger partial charge in [0.15, 0.2) is 0 Å². The molecule has 5 heteroatoms. The fourth-order valence-corrected chi connectivity index (χ4v) is 2.06. The highest BCUT2D eigenvalue weighted by Crippen LogP contribution is 2.15. The number of nitrogens with two attached hydrogens (primary N) is 1. The number of ether oxygens (including phenoxy) is 1. The number of methoxy groups -OCH3 is 1. The molecule has 0 spiro atoms. The zero-order chi connectivity index (χ0) is 15.1. The molecule has 1 unspecified atom stereocenters. The summed E-state index contributed by atoms with van der Waals surface area (Å²) in [5.74, 6) is 1.53. The summed E-state index contributed by atoms with van der Waals surface area (Å²) >= 11 is 0. The predicted molar refractivity (Wildman–Crippen MR) is 84.2 cm³/mol. The molecule has 0 aliphatic rings. The van der Waals surface area contributed by atoms with Gasteiger partial charge in [0.05, 0.1) is 12.3 Å². The van der Waals surface area contributed by atoms with Gasteiger partial charge in [-0.05, 0) is 18.8 Å². The Kier molecular flexibility index (Phi) is 7.02. The zero-order valence-corrected chi connectivity index (χ0v) is 13.6. The maximum Gasteiger partial charge on any atom is 0.205 e. The van der Waals surface area contributed by atoms with E-state index >= 15 is 0 Å². The second-order valence-corrected chi connectivity index (χ2v) is 5.69. The summed E-state index contributed by atoms with van der Waals surface area (Å²) in [5.41, 5.74) is 7.24. The molecule has 0 aromatic carbocycles. The van der Waals surface area contributed by atoms with Gasteiger partial charge in [-0.1, -0.05) is 20.8 Å². The fraction of sp³-hybridized carbons (Fsp3) is 0.800. The van der Waals surface area contributed by atoms with E-state index in [4.69, 9.17) is 15.5 Å². The maximum atomic E-state index is 6.12. The Morgan fingerprint density at radius 1 is 1.45 bits per heavy atom. The van der Waals surface area contributed by atoms with Crippen molar-refractivity contribution < 1.29 is 4.74 Å². The highest BCUT2D eigenvalue weighted by molar-refractivity contribution is 5.32. The van der Waals surface area contributed by atoms with E-state index in [1.807, 2.05) is 0 Å². The number of aromatic nitrogens is 2. The van der Waals surface area contributed by atoms with E-state index in [1.54, 1.807) is 7.11 Å². The summed E-state index contributed by atoms with van der Waals surface area (Å²) in [6, 6.07) is 0.241. The largest absolute Gasteiger partial charge is 0.383 e. The van der Waals surface area contributed by atoms with Crippen LogP contribution in [0.4, 0.5) is 5.95 Å². The van der Waals surface area contributed by atoms with Gasteiger partial charge in [-0.2, -0.15) is 0 Å². The molecule has 1 aromatic rings. The lowest BCUT2D eigenvalue weighted by Crippen LogP contribution is -2.32. The Hall–Kier alpha value is -1.07. The molecular weight excluding hydrogens is 252 g/mol. The Bertz CT molecular complexity index is 389. The molecule has 0 fully saturated rings. The summed E-state index contributed by atoms with van der Waals surface area (Å²) in [6.45, 7) is 8.91. The molecular formula is C15H30N4O. The summed E-state index contributed by atoms with van der Waals surface area (Å²) in [5, 5.41) is 0. The molecule has 0 radical (unpaired) electrons. The number of anilines is 1. The predicted octanol–water partition coefficient (Wildman–Crippen LogP) is 1.90. The number of hydrogen-bond donors (Lipinski definition) is 1. The summed E-state index contributed by atoms with van der Waals surface area (Å²) in [4.78, 5) is 6.89. The molecule has 0 bridgehead atoms. The second kappa shape index (κ2) is 8.27. The van der Waals surface area contributed by atoms with Gasteiger partial charge in [-0.15, -0.1) is 0 Å². The van der Waals surface area contributed by atoms with Gasteiger partial charge in [0.1, 0.15) is 0 Å². The minimum atomic E-state index is 0.241. The molecule has 0 aliphatic heterocycles. The smallest absolute Gasteiger partial charge is 0.205 e. The van der Waals surface area contributed by atoms with Crippen molar-refractivity contribution in [1.29, 1.82) is 0 Å². The molecule has 20 heavy (non-hydrogen) atoms. The molecule has 1 heterocycles. The van der Waals surface area contributed by atoms with Crippen LogP contribution in [0.5, 0.6) is 0 Å². The van der Waals surface area contributed by atoms with Crippen LogP contribution in [-0.2, 0) is 17.7 Å². The Morgan fingerprint density at radius 3 is 2.70 bits per heavy atom. The quantitative estimate of drug-likeness (QED) is 0.751. The topological polar surface area (TPSA) is 56.3 Å². The van der Waals surface area contributed by atoms with Gasteiger partial charge in [0.25, 0.3) is 0 Å². The molecule has 116 valence electrons. The molecule has 1 aromatic heterocycles. The van der Waals surface area contributed by atoms with Crippen molar-refractivity contribution in [3.8, 4) is 0 Å². The Balaban J connectivity index is 2.69. The van der Waals surface area contributed by atoms with Crippen molar-refractivity contribution >= 4 is 5.95 Å². The molecule has 0 saturated heterocycles. The van der Waals surface area contributed by atoms with Crippen LogP contribution in [0.2, 0.25) is 0 Å². The number of imidazole rings is 1. The van der Waals surface area contributed by atoms with Crippen LogP contribution in [-0.4, -0.2) is 42.9 Å². The average molecular weight is 282 g/mol. The first kappa shape index (κ1) is 17.0. The van der Waals surface area contributed by atoms with Crippen LogP contribution in [0.1, 0.15) is 32.9 Å². The lowest BCUT2D eigenvalue weighted by molar-refractivity contribution is 0.187. The highest BCUT2D eigenvalue weighted by atomic mass is 16.5. The van der Waals surface area contributed by atoms with Gasteiger partial charge in [0.2, 0.25) is 5.95 Å². The molecule has 0 aliphatic carbocycles. The van der Waals surface area contributed by atoms with Crippen molar-refractivity contribution in [2.45, 2.75) is 46.2 Å². The SMILES string of the molecule is CCc1cn(CCOC)c(N(C)CCC(N)C(C)C)n1. The summed E-state index contributed by atoms with van der Waals surface area (Å²) in [7, 11) is 3.81. The van der Waals surface area contributed by atoms with Gasteiger partial charge < -0.3 is 19.9 Å². The number of nitrogens with zero attached hydrogens (tertiary/aromatic N) is 3. The monoisotopic (exact) mass is 282 g/mol. The third-order valence-corrected chi connectivity index (χ3v) is 3.70. The molecule has 1 atom stereocenters. The van der Waals surface area contributed by atoms with Crippen LogP contribution >= 0.6 is 0 Å². The molecule has 1 rings (SSSR count). The van der Waals surface area contributed by atoms with Crippen molar-refractivity contribution in [3.05, 3.63) is 11.9 Å². The Morgan fingerprint density at radius 2 is 2.15 bits per heavy atom. The van der Waals surface area contributed by atoms with E-state index < -0.39 is 0 Å². The van der Waals surface area contributed by atoms with E-state index in [0.29, 0.717) is 12.5 Å². The first-order chi connectivity index (χ1) is 9.49. The lowest BCUT2D eigenvalue weighted by Gasteiger charge is -2.23. The first-order valence-corrected chi connectivity index (χ1v) is 7.51. The van der Waals surface area contributed by atoms with Gasteiger partial charge in [-0.25, -0.2) is 4.98 Å². The normalized spacial score (nSPS) is 12.9. The first-order valence-electron chi connectivity index (χ1n) is 7.51. The molecule has 0 amide bonds. The van der Waals surface area contributed by atoms with E-state index in [-0.39, 0.29) is 6.04 Å². The van der Waals surface area contributed by atoms with Crippen LogP contribution in [0.15, 0.2) is 6.20 Å². The van der Waals surface area contributed by atoms with Crippen LogP contribution in [0.25, 0.3) is 0 Å². The van der Waals surface area contributed by atoms with Crippen LogP contribution in [0, 0.1) is 5.92 Å². The minimum absolute atomic E-state index is 0.241. The van der Waals surface area contributed by atoms with Crippen molar-refractivity contribution in [1.82, 2.24) is 9.55 Å². The van der Waals surface area contributed by atoms with E-state index in [9.17, 15) is 0 Å². The number of rotatable bonds is 9. The summed E-state index contributed by atoms with van der Waals surface area (Å²) in [6.07, 6.45) is 4.05. The third kappa shape index (κ3) is 4.80. The highest BCUT2D eigenvalue weighted by Gasteiger charge is 2.14.